The molecule has 4 aromatic carbocycles. The van der Waals surface area contributed by atoms with Crippen molar-refractivity contribution < 1.29 is 23.5 Å². The first-order chi connectivity index (χ1) is 25.0. The summed E-state index contributed by atoms with van der Waals surface area (Å²) in [7, 11) is -3.37. The van der Waals surface area contributed by atoms with Crippen molar-refractivity contribution in [3.63, 3.8) is 0 Å². The van der Waals surface area contributed by atoms with Crippen LogP contribution in [0.3, 0.4) is 0 Å². The van der Waals surface area contributed by atoms with Crippen LogP contribution in [0.1, 0.15) is 52.0 Å². The average Bonchev–Trinajstić information content (AvgIpc) is 3.79. The molecule has 1 saturated heterocycles. The molecule has 7 rings (SSSR count). The summed E-state index contributed by atoms with van der Waals surface area (Å²) in [6.45, 7) is 5.92. The highest BCUT2D eigenvalue weighted by atomic mass is 79.9. The van der Waals surface area contributed by atoms with Gasteiger partial charge in [-0.2, -0.15) is 0 Å². The molecule has 1 fully saturated rings. The fourth-order valence-electron chi connectivity index (χ4n) is 8.01. The number of aromatic nitrogens is 3. The number of hydrogen-bond acceptors (Lipinski definition) is 6. The summed E-state index contributed by atoms with van der Waals surface area (Å²) in [5.74, 6) is -1.16. The molecule has 5 aromatic rings. The van der Waals surface area contributed by atoms with Crippen LogP contribution in [0.5, 0.6) is 0 Å². The van der Waals surface area contributed by atoms with Gasteiger partial charge >= 0.3 is 0 Å². The van der Waals surface area contributed by atoms with E-state index in [1.54, 1.807) is 34.8 Å². The third kappa shape index (κ3) is 6.76. The third-order valence-corrected chi connectivity index (χ3v) is 13.4. The van der Waals surface area contributed by atoms with Crippen LogP contribution in [0.15, 0.2) is 114 Å². The minimum Gasteiger partial charge on any atom is -0.395 e. The van der Waals surface area contributed by atoms with Crippen molar-refractivity contribution in [2.45, 2.75) is 62.7 Å². The SMILES string of the molecule is C[C@H]1[C@H]([Si](C)(C)F)[C@@H](CCn2cc(C(CO)c3ccccc3)nn2)O[C@]12C(=O)N(Cc1ccc(NC(=O)c3ccccc3)cc1)c1ccc(Br)cc12. The first kappa shape index (κ1) is 35.9. The quantitative estimate of drug-likeness (QED) is 0.105. The number of hydrogen-bond donors (Lipinski definition) is 2. The van der Waals surface area contributed by atoms with Crippen LogP contribution >= 0.6 is 15.9 Å². The van der Waals surface area contributed by atoms with Crippen LogP contribution in [-0.2, 0) is 28.2 Å². The predicted octanol–water partition coefficient (Wildman–Crippen LogP) is 7.83. The number of aryl methyl sites for hydroxylation is 1. The molecule has 268 valence electrons. The van der Waals surface area contributed by atoms with Crippen LogP contribution in [0, 0.1) is 5.92 Å². The molecular formula is C40H41BrFN5O4Si. The second kappa shape index (κ2) is 14.5. The van der Waals surface area contributed by atoms with E-state index >= 15 is 4.11 Å². The van der Waals surface area contributed by atoms with Gasteiger partial charge in [0.05, 0.1) is 36.6 Å². The summed E-state index contributed by atoms with van der Waals surface area (Å²) < 4.78 is 25.8. The minimum absolute atomic E-state index is 0.110. The largest absolute Gasteiger partial charge is 0.395 e. The molecule has 1 unspecified atom stereocenters. The fraction of sp³-hybridized carbons (Fsp3) is 0.300. The molecule has 52 heavy (non-hydrogen) atoms. The van der Waals surface area contributed by atoms with Gasteiger partial charge in [0.25, 0.3) is 11.8 Å². The van der Waals surface area contributed by atoms with E-state index in [2.05, 4.69) is 31.6 Å². The van der Waals surface area contributed by atoms with Crippen molar-refractivity contribution in [2.24, 2.45) is 5.92 Å². The number of nitrogens with one attached hydrogen (secondary N) is 1. The Labute approximate surface area is 312 Å². The maximum absolute atomic E-state index is 16.4. The summed E-state index contributed by atoms with van der Waals surface area (Å²) in [6.07, 6.45) is 1.71. The van der Waals surface area contributed by atoms with Crippen LogP contribution in [-0.4, -0.2) is 53.0 Å². The smallest absolute Gasteiger partial charge is 0.264 e. The van der Waals surface area contributed by atoms with Crippen molar-refractivity contribution >= 4 is 47.5 Å². The molecule has 12 heteroatoms. The molecule has 0 bridgehead atoms. The summed E-state index contributed by atoms with van der Waals surface area (Å²) in [5, 5.41) is 21.8. The highest BCUT2D eigenvalue weighted by molar-refractivity contribution is 9.10. The van der Waals surface area contributed by atoms with Gasteiger partial charge in [-0.3, -0.25) is 14.3 Å². The van der Waals surface area contributed by atoms with E-state index < -0.39 is 31.6 Å². The van der Waals surface area contributed by atoms with Crippen molar-refractivity contribution in [3.8, 4) is 0 Å². The van der Waals surface area contributed by atoms with Crippen molar-refractivity contribution in [1.29, 1.82) is 0 Å². The first-order valence-corrected chi connectivity index (χ1v) is 21.2. The Morgan fingerprint density at radius 3 is 2.40 bits per heavy atom. The Kier molecular flexibility index (Phi) is 10.0. The highest BCUT2D eigenvalue weighted by Crippen LogP contribution is 2.60. The Morgan fingerprint density at radius 2 is 1.73 bits per heavy atom. The van der Waals surface area contributed by atoms with Crippen molar-refractivity contribution in [1.82, 2.24) is 15.0 Å². The molecule has 2 N–H and O–H groups in total. The van der Waals surface area contributed by atoms with E-state index in [1.165, 1.54) is 0 Å². The van der Waals surface area contributed by atoms with Gasteiger partial charge in [0.1, 0.15) is 0 Å². The van der Waals surface area contributed by atoms with E-state index in [0.29, 0.717) is 29.9 Å². The van der Waals surface area contributed by atoms with Crippen LogP contribution in [0.2, 0.25) is 18.6 Å². The van der Waals surface area contributed by atoms with Gasteiger partial charge in [-0.15, -0.1) is 5.10 Å². The minimum atomic E-state index is -3.37. The lowest BCUT2D eigenvalue weighted by Gasteiger charge is -2.31. The van der Waals surface area contributed by atoms with Gasteiger partial charge in [0.2, 0.25) is 8.41 Å². The zero-order chi connectivity index (χ0) is 36.6. The number of rotatable bonds is 11. The maximum atomic E-state index is 16.4. The normalized spacial score (nSPS) is 21.8. The summed E-state index contributed by atoms with van der Waals surface area (Å²) in [4.78, 5) is 29.2. The number of amides is 2. The molecule has 2 aliphatic rings. The summed E-state index contributed by atoms with van der Waals surface area (Å²) >= 11 is 3.61. The van der Waals surface area contributed by atoms with E-state index in [9.17, 15) is 14.7 Å². The van der Waals surface area contributed by atoms with Gasteiger partial charge in [0, 0.05) is 45.5 Å². The number of aliphatic hydroxyl groups excluding tert-OH is 1. The van der Waals surface area contributed by atoms with Crippen LogP contribution in [0.25, 0.3) is 0 Å². The van der Waals surface area contributed by atoms with Crippen LogP contribution < -0.4 is 10.2 Å². The summed E-state index contributed by atoms with van der Waals surface area (Å²) in [5.41, 5.74) is 3.30. The second-order valence-electron chi connectivity index (χ2n) is 14.2. The lowest BCUT2D eigenvalue weighted by atomic mass is 9.82. The van der Waals surface area contributed by atoms with Crippen LogP contribution in [0.4, 0.5) is 15.5 Å². The predicted molar refractivity (Wildman–Crippen MR) is 204 cm³/mol. The molecule has 1 aromatic heterocycles. The first-order valence-electron chi connectivity index (χ1n) is 17.5. The second-order valence-corrected chi connectivity index (χ2v) is 18.9. The number of carbonyl (C=O) groups is 2. The molecule has 2 amide bonds. The number of benzene rings is 4. The maximum Gasteiger partial charge on any atom is 0.264 e. The zero-order valence-electron chi connectivity index (χ0n) is 29.2. The lowest BCUT2D eigenvalue weighted by molar-refractivity contribution is -0.146. The Bertz CT molecular complexity index is 2060. The number of halogens is 2. The molecule has 1 spiro atoms. The molecule has 0 aliphatic carbocycles. The van der Waals surface area contributed by atoms with Gasteiger partial charge in [-0.05, 0) is 73.1 Å². The van der Waals surface area contributed by atoms with E-state index in [1.807, 2.05) is 104 Å². The molecule has 0 saturated carbocycles. The van der Waals surface area contributed by atoms with E-state index in [-0.39, 0.29) is 30.9 Å². The lowest BCUT2D eigenvalue weighted by Crippen LogP contribution is -2.45. The number of fused-ring (bicyclic) bond motifs is 2. The molecule has 0 radical (unpaired) electrons. The number of aliphatic hydroxyl groups is 1. The summed E-state index contributed by atoms with van der Waals surface area (Å²) in [6, 6.07) is 31.9. The van der Waals surface area contributed by atoms with Gasteiger partial charge in [0.15, 0.2) is 5.60 Å². The Hall–Kier alpha value is -4.49. The van der Waals surface area contributed by atoms with E-state index in [4.69, 9.17) is 4.74 Å². The molecule has 3 heterocycles. The molecular weight excluding hydrogens is 741 g/mol. The van der Waals surface area contributed by atoms with Crippen molar-refractivity contribution in [3.05, 3.63) is 142 Å². The topological polar surface area (TPSA) is 110 Å². The monoisotopic (exact) mass is 781 g/mol. The Morgan fingerprint density at radius 1 is 1.04 bits per heavy atom. The van der Waals surface area contributed by atoms with Crippen molar-refractivity contribution in [2.75, 3.05) is 16.8 Å². The van der Waals surface area contributed by atoms with Gasteiger partial charge in [-0.25, -0.2) is 0 Å². The average molecular weight is 783 g/mol. The molecule has 9 nitrogen and oxygen atoms in total. The third-order valence-electron chi connectivity index (χ3n) is 10.5. The molecule has 5 atom stereocenters. The molecule has 2 aliphatic heterocycles. The van der Waals surface area contributed by atoms with Gasteiger partial charge in [-0.1, -0.05) is 88.7 Å². The Balaban J connectivity index is 1.13. The highest BCUT2D eigenvalue weighted by Gasteiger charge is 2.66. The zero-order valence-corrected chi connectivity index (χ0v) is 31.8. The number of anilines is 2. The number of carbonyl (C=O) groups excluding carboxylic acids is 2. The van der Waals surface area contributed by atoms with E-state index in [0.717, 1.165) is 26.9 Å². The fourth-order valence-corrected chi connectivity index (χ4v) is 10.9. The standard InChI is InChI=1S/C40H41BrFN5O4Si/c1-26-37(52(2,3)42)36(20-21-46-24-34(44-45-46)32(25-48)28-10-6-4-7-11-28)51-40(26)33-22-30(41)16-19-35(33)47(39(40)50)23-27-14-17-31(18-15-27)43-38(49)29-12-8-5-9-13-29/h4-19,22,24,26,32,36-37,48H,20-21,23,25H2,1-3H3,(H,43,49)/t26-,32?,36+,37-,40+/m0/s1. The number of ether oxygens (including phenoxy) is 1. The van der Waals surface area contributed by atoms with Gasteiger partial charge < -0.3 is 24.2 Å². The number of nitrogens with zero attached hydrogens (tertiary/aromatic N) is 4.